The number of hydrogen-bond donors (Lipinski definition) is 3. The Kier molecular flexibility index (Phi) is 7.35. The van der Waals surface area contributed by atoms with Crippen LogP contribution in [0.15, 0.2) is 60.7 Å². The Balaban J connectivity index is 0.000000396. The van der Waals surface area contributed by atoms with Gasteiger partial charge in [0.1, 0.15) is 11.5 Å². The van der Waals surface area contributed by atoms with Gasteiger partial charge >= 0.3 is 12.1 Å². The normalized spacial score (nSPS) is 11.8. The highest BCUT2D eigenvalue weighted by Crippen LogP contribution is 2.19. The maximum Gasteiger partial charge on any atom is 0.490 e. The zero-order valence-corrected chi connectivity index (χ0v) is 16.2. The number of H-pyrrole nitrogens is 1. The maximum absolute atomic E-state index is 12.5. The minimum Gasteiger partial charge on any atom is -0.475 e. The molecule has 1 aromatic heterocycles. The number of halogens is 3. The van der Waals surface area contributed by atoms with Crippen LogP contribution in [-0.2, 0) is 4.79 Å². The van der Waals surface area contributed by atoms with Gasteiger partial charge < -0.3 is 15.4 Å². The summed E-state index contributed by atoms with van der Waals surface area (Å²) in [5.74, 6) is -2.22. The van der Waals surface area contributed by atoms with Crippen LogP contribution in [0.5, 0.6) is 0 Å². The number of carboxylic acid groups (broad SMARTS) is 1. The maximum atomic E-state index is 12.5. The standard InChI is InChI=1S/C19H19N3O.C2HF3O2/c1-13(15-9-5-3-6-10-15)21-19(23)17-14(2)20-18(22-17)16-11-7-4-8-12-16;3-2(4,5)1(6)7/h3-13H,1-2H3,(H,20,22)(H,21,23);(H,6,7). The van der Waals surface area contributed by atoms with Crippen molar-refractivity contribution >= 4 is 11.9 Å². The highest BCUT2D eigenvalue weighted by Gasteiger charge is 2.38. The summed E-state index contributed by atoms with van der Waals surface area (Å²) in [5.41, 5.74) is 3.23. The molecule has 0 bridgehead atoms. The molecule has 0 radical (unpaired) electrons. The molecule has 158 valence electrons. The van der Waals surface area contributed by atoms with E-state index in [4.69, 9.17) is 9.90 Å². The number of benzene rings is 2. The Morgan fingerprint density at radius 3 is 2.03 bits per heavy atom. The number of aliphatic carboxylic acids is 1. The molecule has 6 nitrogen and oxygen atoms in total. The third-order valence-corrected chi connectivity index (χ3v) is 4.04. The number of hydrogen-bond acceptors (Lipinski definition) is 3. The predicted octanol–water partition coefficient (Wildman–Crippen LogP) is 4.51. The summed E-state index contributed by atoms with van der Waals surface area (Å²) in [6.45, 7) is 3.83. The number of aryl methyl sites for hydroxylation is 1. The van der Waals surface area contributed by atoms with Crippen molar-refractivity contribution in [1.29, 1.82) is 0 Å². The van der Waals surface area contributed by atoms with Gasteiger partial charge in [0.2, 0.25) is 0 Å². The largest absolute Gasteiger partial charge is 0.490 e. The highest BCUT2D eigenvalue weighted by atomic mass is 19.4. The van der Waals surface area contributed by atoms with E-state index < -0.39 is 12.1 Å². The quantitative estimate of drug-likeness (QED) is 0.580. The van der Waals surface area contributed by atoms with Gasteiger partial charge in [0, 0.05) is 11.3 Å². The van der Waals surface area contributed by atoms with Crippen LogP contribution >= 0.6 is 0 Å². The lowest BCUT2D eigenvalue weighted by Crippen LogP contribution is -2.27. The molecule has 3 aromatic rings. The minimum atomic E-state index is -5.08. The SMILES string of the molecule is Cc1[nH]c(-c2ccccc2)nc1C(=O)NC(C)c1ccccc1.O=C(O)C(F)(F)F. The van der Waals surface area contributed by atoms with E-state index in [0.717, 1.165) is 16.8 Å². The number of aromatic amines is 1. The molecule has 0 aliphatic heterocycles. The summed E-state index contributed by atoms with van der Waals surface area (Å²) < 4.78 is 31.7. The number of amides is 1. The van der Waals surface area contributed by atoms with E-state index in [1.165, 1.54) is 0 Å². The number of carbonyl (C=O) groups is 2. The summed E-state index contributed by atoms with van der Waals surface area (Å²) in [7, 11) is 0. The van der Waals surface area contributed by atoms with Gasteiger partial charge in [-0.05, 0) is 19.4 Å². The molecule has 0 saturated carbocycles. The van der Waals surface area contributed by atoms with Crippen LogP contribution < -0.4 is 5.32 Å². The van der Waals surface area contributed by atoms with Gasteiger partial charge in [0.25, 0.3) is 5.91 Å². The number of carboxylic acids is 1. The van der Waals surface area contributed by atoms with Crippen molar-refractivity contribution in [3.63, 3.8) is 0 Å². The number of imidazole rings is 1. The van der Waals surface area contributed by atoms with Crippen LogP contribution in [0, 0.1) is 6.92 Å². The molecule has 0 saturated heterocycles. The lowest BCUT2D eigenvalue weighted by molar-refractivity contribution is -0.192. The number of nitrogens with zero attached hydrogens (tertiary/aromatic N) is 1. The minimum absolute atomic E-state index is 0.0695. The first-order valence-corrected chi connectivity index (χ1v) is 8.87. The van der Waals surface area contributed by atoms with Gasteiger partial charge in [0.05, 0.1) is 6.04 Å². The van der Waals surface area contributed by atoms with Gasteiger partial charge in [-0.3, -0.25) is 4.79 Å². The monoisotopic (exact) mass is 419 g/mol. The summed E-state index contributed by atoms with van der Waals surface area (Å²) in [6.07, 6.45) is -5.08. The molecular weight excluding hydrogens is 399 g/mol. The van der Waals surface area contributed by atoms with E-state index in [1.54, 1.807) is 0 Å². The molecule has 0 spiro atoms. The van der Waals surface area contributed by atoms with Gasteiger partial charge in [-0.15, -0.1) is 0 Å². The zero-order chi connectivity index (χ0) is 22.3. The van der Waals surface area contributed by atoms with Crippen molar-refractivity contribution < 1.29 is 27.9 Å². The molecule has 0 aliphatic carbocycles. The van der Waals surface area contributed by atoms with Crippen molar-refractivity contribution in [2.24, 2.45) is 0 Å². The number of rotatable bonds is 4. The summed E-state index contributed by atoms with van der Waals surface area (Å²) in [4.78, 5) is 29.0. The lowest BCUT2D eigenvalue weighted by atomic mass is 10.1. The molecule has 0 fully saturated rings. The molecule has 9 heteroatoms. The van der Waals surface area contributed by atoms with E-state index in [0.29, 0.717) is 11.5 Å². The first kappa shape index (κ1) is 22.7. The number of alkyl halides is 3. The van der Waals surface area contributed by atoms with Crippen molar-refractivity contribution in [2.75, 3.05) is 0 Å². The van der Waals surface area contributed by atoms with E-state index in [1.807, 2.05) is 74.5 Å². The molecule has 1 amide bonds. The van der Waals surface area contributed by atoms with Gasteiger partial charge in [-0.1, -0.05) is 60.7 Å². The second-order valence-corrected chi connectivity index (χ2v) is 6.33. The molecule has 3 rings (SSSR count). The first-order valence-electron chi connectivity index (χ1n) is 8.87. The molecule has 2 aromatic carbocycles. The Labute approximate surface area is 170 Å². The third-order valence-electron chi connectivity index (χ3n) is 4.04. The average molecular weight is 419 g/mol. The van der Waals surface area contributed by atoms with Crippen molar-refractivity contribution in [3.05, 3.63) is 77.6 Å². The Bertz CT molecular complexity index is 987. The van der Waals surface area contributed by atoms with Crippen LogP contribution in [0.2, 0.25) is 0 Å². The Morgan fingerprint density at radius 2 is 1.53 bits per heavy atom. The predicted molar refractivity (Wildman–Crippen MR) is 105 cm³/mol. The van der Waals surface area contributed by atoms with Crippen LogP contribution in [0.1, 0.15) is 34.7 Å². The fourth-order valence-corrected chi connectivity index (χ4v) is 2.50. The molecule has 1 unspecified atom stereocenters. The lowest BCUT2D eigenvalue weighted by Gasteiger charge is -2.13. The molecule has 3 N–H and O–H groups in total. The van der Waals surface area contributed by atoms with Crippen molar-refractivity contribution in [1.82, 2.24) is 15.3 Å². The van der Waals surface area contributed by atoms with Gasteiger partial charge in [0.15, 0.2) is 0 Å². The van der Waals surface area contributed by atoms with Crippen molar-refractivity contribution in [2.45, 2.75) is 26.1 Å². The fourth-order valence-electron chi connectivity index (χ4n) is 2.50. The van der Waals surface area contributed by atoms with E-state index in [-0.39, 0.29) is 11.9 Å². The molecule has 1 heterocycles. The molecular formula is C21H20F3N3O3. The smallest absolute Gasteiger partial charge is 0.475 e. The number of carbonyl (C=O) groups excluding carboxylic acids is 1. The van der Waals surface area contributed by atoms with Crippen LogP contribution in [0.3, 0.4) is 0 Å². The molecule has 30 heavy (non-hydrogen) atoms. The zero-order valence-electron chi connectivity index (χ0n) is 16.2. The number of nitrogens with one attached hydrogen (secondary N) is 2. The van der Waals surface area contributed by atoms with Crippen LogP contribution in [0.25, 0.3) is 11.4 Å². The second kappa shape index (κ2) is 9.73. The fraction of sp³-hybridized carbons (Fsp3) is 0.190. The topological polar surface area (TPSA) is 95.1 Å². The Morgan fingerprint density at radius 1 is 1.03 bits per heavy atom. The van der Waals surface area contributed by atoms with Crippen LogP contribution in [0.4, 0.5) is 13.2 Å². The molecule has 0 aliphatic rings. The van der Waals surface area contributed by atoms with E-state index >= 15 is 0 Å². The van der Waals surface area contributed by atoms with Crippen molar-refractivity contribution in [3.8, 4) is 11.4 Å². The van der Waals surface area contributed by atoms with E-state index in [9.17, 15) is 18.0 Å². The Hall–Kier alpha value is -3.62. The van der Waals surface area contributed by atoms with Crippen LogP contribution in [-0.4, -0.2) is 33.1 Å². The number of aromatic nitrogens is 2. The second-order valence-electron chi connectivity index (χ2n) is 6.33. The highest BCUT2D eigenvalue weighted by molar-refractivity contribution is 5.94. The van der Waals surface area contributed by atoms with E-state index in [2.05, 4.69) is 15.3 Å². The average Bonchev–Trinajstić information content (AvgIpc) is 3.11. The summed E-state index contributed by atoms with van der Waals surface area (Å²) in [5, 5.41) is 10.1. The van der Waals surface area contributed by atoms with Gasteiger partial charge in [-0.2, -0.15) is 13.2 Å². The summed E-state index contributed by atoms with van der Waals surface area (Å²) in [6, 6.07) is 19.6. The first-order chi connectivity index (χ1) is 14.1. The third kappa shape index (κ3) is 6.20. The van der Waals surface area contributed by atoms with Gasteiger partial charge in [-0.25, -0.2) is 9.78 Å². The summed E-state index contributed by atoms with van der Waals surface area (Å²) >= 11 is 0. The molecule has 1 atom stereocenters.